The highest BCUT2D eigenvalue weighted by atomic mass is 19.1. The Labute approximate surface area is 243 Å². The Morgan fingerprint density at radius 1 is 1.07 bits per heavy atom. The lowest BCUT2D eigenvalue weighted by Crippen LogP contribution is -2.31. The average molecular weight is 587 g/mol. The van der Waals surface area contributed by atoms with Crippen molar-refractivity contribution in [1.29, 1.82) is 0 Å². The van der Waals surface area contributed by atoms with E-state index in [-0.39, 0.29) is 53.2 Å². The van der Waals surface area contributed by atoms with Crippen molar-refractivity contribution < 1.29 is 33.0 Å². The molecular formula is C30H24F2N6O5. The van der Waals surface area contributed by atoms with Crippen LogP contribution >= 0.6 is 0 Å². The van der Waals surface area contributed by atoms with Gasteiger partial charge in [0, 0.05) is 36.5 Å². The fraction of sp³-hybridized carbons (Fsp3) is 0.200. The number of nitrogens with zero attached hydrogens (tertiary/aromatic N) is 5. The van der Waals surface area contributed by atoms with Gasteiger partial charge in [-0.3, -0.25) is 9.78 Å². The van der Waals surface area contributed by atoms with E-state index in [2.05, 4.69) is 19.9 Å². The summed E-state index contributed by atoms with van der Waals surface area (Å²) in [7, 11) is 0. The number of rotatable bonds is 10. The van der Waals surface area contributed by atoms with E-state index in [0.29, 0.717) is 35.6 Å². The van der Waals surface area contributed by atoms with Crippen molar-refractivity contribution in [1.82, 2.24) is 24.5 Å². The Morgan fingerprint density at radius 2 is 1.91 bits per heavy atom. The molecule has 3 N–H and O–H groups in total. The monoisotopic (exact) mass is 586 g/mol. The summed E-state index contributed by atoms with van der Waals surface area (Å²) in [6.45, 7) is 1.06. The topological polar surface area (TPSA) is 155 Å². The Bertz CT molecular complexity index is 1860. The molecule has 13 heteroatoms. The van der Waals surface area contributed by atoms with Crippen molar-refractivity contribution in [3.8, 4) is 17.3 Å². The molecule has 1 saturated heterocycles. The number of hydrogen-bond acceptors (Lipinski definition) is 8. The molecule has 3 aromatic heterocycles. The van der Waals surface area contributed by atoms with Gasteiger partial charge in [0.05, 0.1) is 34.9 Å². The average Bonchev–Trinajstić information content (AvgIpc) is 3.31. The highest BCUT2D eigenvalue weighted by Crippen LogP contribution is 2.28. The third-order valence-corrected chi connectivity index (χ3v) is 7.09. The van der Waals surface area contributed by atoms with Gasteiger partial charge in [0.2, 0.25) is 0 Å². The molecule has 2 aromatic carbocycles. The Kier molecular flexibility index (Phi) is 7.47. The maximum Gasteiger partial charge on any atom is 0.335 e. The number of fused-ring (bicyclic) bond motifs is 1. The summed E-state index contributed by atoms with van der Waals surface area (Å²) in [6, 6.07) is 11.2. The number of carbonyl (C=O) groups excluding carboxylic acids is 1. The number of halogens is 2. The van der Waals surface area contributed by atoms with Gasteiger partial charge in [0.25, 0.3) is 5.91 Å². The van der Waals surface area contributed by atoms with Crippen LogP contribution in [0, 0.1) is 11.6 Å². The summed E-state index contributed by atoms with van der Waals surface area (Å²) in [5.41, 5.74) is 7.26. The summed E-state index contributed by atoms with van der Waals surface area (Å²) >= 11 is 0. The number of aromatic carboxylic acids is 1. The van der Waals surface area contributed by atoms with Gasteiger partial charge in [-0.15, -0.1) is 0 Å². The third-order valence-electron chi connectivity index (χ3n) is 7.09. The van der Waals surface area contributed by atoms with Crippen molar-refractivity contribution >= 4 is 22.9 Å². The highest BCUT2D eigenvalue weighted by Gasteiger charge is 2.24. The number of amides is 1. The number of nitrogens with two attached hydrogens (primary N) is 1. The van der Waals surface area contributed by atoms with Crippen LogP contribution in [0.4, 0.5) is 8.78 Å². The fourth-order valence-corrected chi connectivity index (χ4v) is 4.73. The number of pyridine rings is 1. The molecule has 4 heterocycles. The van der Waals surface area contributed by atoms with Crippen LogP contribution in [0.1, 0.15) is 44.2 Å². The second-order valence-corrected chi connectivity index (χ2v) is 9.96. The van der Waals surface area contributed by atoms with Gasteiger partial charge in [0.1, 0.15) is 29.8 Å². The molecule has 6 rings (SSSR count). The van der Waals surface area contributed by atoms with Crippen molar-refractivity contribution in [3.05, 3.63) is 101 Å². The number of benzene rings is 2. The minimum Gasteiger partial charge on any atom is -0.478 e. The van der Waals surface area contributed by atoms with E-state index in [9.17, 15) is 14.7 Å². The van der Waals surface area contributed by atoms with E-state index < -0.39 is 23.5 Å². The molecule has 1 aliphatic rings. The summed E-state index contributed by atoms with van der Waals surface area (Å²) in [5, 5.41) is 9.45. The van der Waals surface area contributed by atoms with Crippen LogP contribution in [0.3, 0.4) is 0 Å². The lowest BCUT2D eigenvalue weighted by Gasteiger charge is -2.27. The molecule has 0 spiro atoms. The molecule has 43 heavy (non-hydrogen) atoms. The van der Waals surface area contributed by atoms with E-state index in [1.54, 1.807) is 12.1 Å². The smallest absolute Gasteiger partial charge is 0.335 e. The summed E-state index contributed by atoms with van der Waals surface area (Å²) in [4.78, 5) is 39.5. The van der Waals surface area contributed by atoms with Gasteiger partial charge in [-0.25, -0.2) is 23.5 Å². The predicted molar refractivity (Wildman–Crippen MR) is 148 cm³/mol. The summed E-state index contributed by atoms with van der Waals surface area (Å²) in [6.07, 6.45) is 3.52. The largest absolute Gasteiger partial charge is 0.478 e. The van der Waals surface area contributed by atoms with Crippen LogP contribution in [-0.2, 0) is 24.3 Å². The van der Waals surface area contributed by atoms with Crippen LogP contribution in [0.15, 0.2) is 60.9 Å². The fourth-order valence-electron chi connectivity index (χ4n) is 4.73. The second-order valence-electron chi connectivity index (χ2n) is 9.96. The van der Waals surface area contributed by atoms with E-state index in [1.165, 1.54) is 36.7 Å². The first-order valence-electron chi connectivity index (χ1n) is 13.3. The molecule has 0 aliphatic carbocycles. The molecular weight excluding hydrogens is 562 g/mol. The van der Waals surface area contributed by atoms with E-state index >= 15 is 8.78 Å². The second kappa shape index (κ2) is 11.5. The normalized spacial score (nSPS) is 14.4. The molecule has 0 unspecified atom stereocenters. The standard InChI is InChI=1S/C30H24F2N6O5/c31-21-12-20(23-5-7-34-30(37-23)43-15-16-1-3-25(28(33)39)35-13-16)22(32)9-18(21)11-27-36-24-4-2-17(29(40)41)10-26(24)38(27)14-19-6-8-42-19/h1-5,7,9-10,12-13,19H,6,8,11,14-15H2,(H2,33,39)(H,40,41)/t19-/m0/s1. The Hall–Kier alpha value is -5.30. The van der Waals surface area contributed by atoms with Crippen LogP contribution in [0.2, 0.25) is 0 Å². The van der Waals surface area contributed by atoms with Crippen molar-refractivity contribution in [2.45, 2.75) is 32.1 Å². The summed E-state index contributed by atoms with van der Waals surface area (Å²) < 4.78 is 43.8. The first-order valence-corrected chi connectivity index (χ1v) is 13.3. The zero-order chi connectivity index (χ0) is 30.1. The molecule has 1 atom stereocenters. The maximum atomic E-state index is 15.4. The highest BCUT2D eigenvalue weighted by molar-refractivity contribution is 5.92. The van der Waals surface area contributed by atoms with Crippen LogP contribution in [0.25, 0.3) is 22.3 Å². The van der Waals surface area contributed by atoms with Gasteiger partial charge >= 0.3 is 12.0 Å². The quantitative estimate of drug-likeness (QED) is 0.248. The minimum atomic E-state index is -1.08. The number of aromatic nitrogens is 5. The minimum absolute atomic E-state index is 0.0200. The maximum absolute atomic E-state index is 15.4. The predicted octanol–water partition coefficient (Wildman–Crippen LogP) is 3.92. The molecule has 5 aromatic rings. The Balaban J connectivity index is 1.24. The SMILES string of the molecule is NC(=O)c1ccc(COc2nccc(-c3cc(F)c(Cc4nc5ccc(C(=O)O)cc5n4C[C@@H]4CCO4)cc3F)n2)cn1. The molecule has 1 amide bonds. The lowest BCUT2D eigenvalue weighted by molar-refractivity contribution is -0.0589. The number of imidazole rings is 1. The van der Waals surface area contributed by atoms with Crippen LogP contribution < -0.4 is 10.5 Å². The van der Waals surface area contributed by atoms with E-state index in [0.717, 1.165) is 18.6 Å². The van der Waals surface area contributed by atoms with E-state index in [4.69, 9.17) is 15.2 Å². The lowest BCUT2D eigenvalue weighted by atomic mass is 10.0. The van der Waals surface area contributed by atoms with Gasteiger partial charge in [-0.05, 0) is 54.4 Å². The molecule has 0 saturated carbocycles. The molecule has 0 bridgehead atoms. The molecule has 1 aliphatic heterocycles. The number of primary amides is 1. The van der Waals surface area contributed by atoms with Crippen molar-refractivity contribution in [2.75, 3.05) is 6.61 Å². The number of carboxylic acids is 1. The number of carboxylic acid groups (broad SMARTS) is 1. The zero-order valence-corrected chi connectivity index (χ0v) is 22.5. The van der Waals surface area contributed by atoms with Crippen molar-refractivity contribution in [2.24, 2.45) is 5.73 Å². The first-order chi connectivity index (χ1) is 20.7. The zero-order valence-electron chi connectivity index (χ0n) is 22.5. The number of ether oxygens (including phenoxy) is 2. The number of hydrogen-bond donors (Lipinski definition) is 2. The van der Waals surface area contributed by atoms with Crippen molar-refractivity contribution in [3.63, 3.8) is 0 Å². The van der Waals surface area contributed by atoms with Gasteiger partial charge in [0.15, 0.2) is 0 Å². The molecule has 1 fully saturated rings. The third kappa shape index (κ3) is 5.88. The summed E-state index contributed by atoms with van der Waals surface area (Å²) in [5.74, 6) is -2.64. The molecule has 218 valence electrons. The Morgan fingerprint density at radius 3 is 2.60 bits per heavy atom. The van der Waals surface area contributed by atoms with Gasteiger partial charge < -0.3 is 24.9 Å². The van der Waals surface area contributed by atoms with Crippen LogP contribution in [-0.4, -0.2) is 54.2 Å². The molecule has 0 radical (unpaired) electrons. The van der Waals surface area contributed by atoms with Gasteiger partial charge in [-0.2, -0.15) is 4.98 Å². The molecule has 11 nitrogen and oxygen atoms in total. The van der Waals surface area contributed by atoms with Gasteiger partial charge in [-0.1, -0.05) is 6.07 Å². The van der Waals surface area contributed by atoms with Crippen LogP contribution in [0.5, 0.6) is 6.01 Å². The van der Waals surface area contributed by atoms with E-state index in [1.807, 2.05) is 4.57 Å². The number of carbonyl (C=O) groups is 2. The first kappa shape index (κ1) is 27.8.